The average Bonchev–Trinajstić information content (AvgIpc) is 2.96. The summed E-state index contributed by atoms with van der Waals surface area (Å²) in [6, 6.07) is 11.0. The van der Waals surface area contributed by atoms with Crippen LogP contribution in [0, 0.1) is 13.8 Å². The Kier molecular flexibility index (Phi) is 5.28. The molecule has 1 saturated heterocycles. The molecule has 0 spiro atoms. The molecule has 6 heteroatoms. The van der Waals surface area contributed by atoms with Crippen LogP contribution in [0.3, 0.4) is 0 Å². The number of thioether (sulfide) groups is 1. The summed E-state index contributed by atoms with van der Waals surface area (Å²) in [6.45, 7) is 5.94. The van der Waals surface area contributed by atoms with Crippen LogP contribution in [-0.2, 0) is 4.79 Å². The van der Waals surface area contributed by atoms with Crippen LogP contribution in [0.1, 0.15) is 23.6 Å². The van der Waals surface area contributed by atoms with E-state index >= 15 is 0 Å². The maximum Gasteiger partial charge on any atom is 0.298 e. The molecule has 27 heavy (non-hydrogen) atoms. The highest BCUT2D eigenvalue weighted by Crippen LogP contribution is 2.42. The van der Waals surface area contributed by atoms with E-state index in [2.05, 4.69) is 0 Å². The van der Waals surface area contributed by atoms with Gasteiger partial charge in [-0.05, 0) is 66.9 Å². The SMILES string of the molecule is COc1ccc(N2C(=O)S/C(=C(/C)c3ccc(C)c(C)c3)C2=O)c(OC)c1. The number of amides is 2. The summed E-state index contributed by atoms with van der Waals surface area (Å²) in [5.74, 6) is 0.648. The predicted octanol–water partition coefficient (Wildman–Crippen LogP) is 4.95. The standard InChI is InChI=1S/C21H21NO4S/c1-12-6-7-15(10-13(12)2)14(3)19-20(23)22(21(24)27-19)17-9-8-16(25-4)11-18(17)26-5/h6-11H,1-5H3/b19-14-. The van der Waals surface area contributed by atoms with Gasteiger partial charge in [0.15, 0.2) is 0 Å². The number of nitrogens with zero attached hydrogens (tertiary/aromatic N) is 1. The number of allylic oxidation sites excluding steroid dienone is 1. The monoisotopic (exact) mass is 383 g/mol. The first kappa shape index (κ1) is 19.0. The minimum atomic E-state index is -0.346. The van der Waals surface area contributed by atoms with Crippen molar-refractivity contribution < 1.29 is 19.1 Å². The van der Waals surface area contributed by atoms with Crippen molar-refractivity contribution in [2.75, 3.05) is 19.1 Å². The van der Waals surface area contributed by atoms with Gasteiger partial charge in [-0.25, -0.2) is 4.90 Å². The van der Waals surface area contributed by atoms with Gasteiger partial charge in [0.1, 0.15) is 11.5 Å². The molecule has 140 valence electrons. The highest BCUT2D eigenvalue weighted by Gasteiger charge is 2.39. The molecule has 1 heterocycles. The minimum Gasteiger partial charge on any atom is -0.497 e. The summed E-state index contributed by atoms with van der Waals surface area (Å²) >= 11 is 0.949. The zero-order valence-electron chi connectivity index (χ0n) is 16.0. The highest BCUT2D eigenvalue weighted by atomic mass is 32.2. The maximum atomic E-state index is 13.0. The molecule has 0 unspecified atom stereocenters. The molecule has 0 aliphatic carbocycles. The lowest BCUT2D eigenvalue weighted by atomic mass is 10.0. The van der Waals surface area contributed by atoms with Crippen LogP contribution in [0.25, 0.3) is 5.57 Å². The fraction of sp³-hybridized carbons (Fsp3) is 0.238. The third-order valence-electron chi connectivity index (χ3n) is 4.68. The van der Waals surface area contributed by atoms with Crippen LogP contribution >= 0.6 is 11.8 Å². The van der Waals surface area contributed by atoms with Gasteiger partial charge >= 0.3 is 0 Å². The number of hydrogen-bond donors (Lipinski definition) is 0. The zero-order chi connectivity index (χ0) is 19.7. The van der Waals surface area contributed by atoms with Gasteiger partial charge in [0.25, 0.3) is 11.1 Å². The molecule has 5 nitrogen and oxygen atoms in total. The Labute approximate surface area is 163 Å². The highest BCUT2D eigenvalue weighted by molar-refractivity contribution is 8.19. The van der Waals surface area contributed by atoms with E-state index in [1.54, 1.807) is 25.3 Å². The van der Waals surface area contributed by atoms with Gasteiger partial charge in [-0.1, -0.05) is 18.2 Å². The fourth-order valence-corrected chi connectivity index (χ4v) is 3.78. The summed E-state index contributed by atoms with van der Waals surface area (Å²) in [4.78, 5) is 27.3. The molecule has 2 aromatic carbocycles. The molecule has 2 amide bonds. The molecule has 1 aliphatic heterocycles. The minimum absolute atomic E-state index is 0.343. The first-order valence-electron chi connectivity index (χ1n) is 8.44. The normalized spacial score (nSPS) is 16.0. The third-order valence-corrected chi connectivity index (χ3v) is 5.72. The Morgan fingerprint density at radius 1 is 0.963 bits per heavy atom. The van der Waals surface area contributed by atoms with E-state index in [9.17, 15) is 9.59 Å². The molecule has 1 fully saturated rings. The number of rotatable bonds is 4. The quantitative estimate of drug-likeness (QED) is 0.699. The van der Waals surface area contributed by atoms with Crippen molar-refractivity contribution in [2.24, 2.45) is 0 Å². The second-order valence-corrected chi connectivity index (χ2v) is 7.26. The van der Waals surface area contributed by atoms with E-state index in [1.165, 1.54) is 12.7 Å². The van der Waals surface area contributed by atoms with Gasteiger partial charge < -0.3 is 9.47 Å². The second-order valence-electron chi connectivity index (χ2n) is 6.30. The Morgan fingerprint density at radius 2 is 1.70 bits per heavy atom. The molecular formula is C21H21NO4S. The number of benzene rings is 2. The van der Waals surface area contributed by atoms with E-state index in [1.807, 2.05) is 39.0 Å². The van der Waals surface area contributed by atoms with Gasteiger partial charge in [0, 0.05) is 6.07 Å². The van der Waals surface area contributed by atoms with Crippen LogP contribution < -0.4 is 14.4 Å². The summed E-state index contributed by atoms with van der Waals surface area (Å²) < 4.78 is 10.5. The van der Waals surface area contributed by atoms with Crippen molar-refractivity contribution in [1.29, 1.82) is 0 Å². The van der Waals surface area contributed by atoms with Crippen LogP contribution in [-0.4, -0.2) is 25.4 Å². The molecule has 0 radical (unpaired) electrons. The van der Waals surface area contributed by atoms with E-state index in [4.69, 9.17) is 9.47 Å². The van der Waals surface area contributed by atoms with Crippen molar-refractivity contribution in [3.8, 4) is 11.5 Å². The number of carbonyl (C=O) groups is 2. The first-order valence-corrected chi connectivity index (χ1v) is 9.25. The van der Waals surface area contributed by atoms with Crippen LogP contribution in [0.15, 0.2) is 41.3 Å². The van der Waals surface area contributed by atoms with Gasteiger partial charge in [-0.3, -0.25) is 9.59 Å². The maximum absolute atomic E-state index is 13.0. The lowest BCUT2D eigenvalue weighted by Crippen LogP contribution is -2.28. The van der Waals surface area contributed by atoms with Crippen LogP contribution in [0.5, 0.6) is 11.5 Å². The molecule has 0 aromatic heterocycles. The first-order chi connectivity index (χ1) is 12.9. The molecule has 1 aliphatic rings. The second kappa shape index (κ2) is 7.48. The largest absolute Gasteiger partial charge is 0.497 e. The summed E-state index contributed by atoms with van der Waals surface area (Å²) in [6.07, 6.45) is 0. The number of imide groups is 1. The summed E-state index contributed by atoms with van der Waals surface area (Å²) in [5.41, 5.74) is 4.45. The number of ether oxygens (including phenoxy) is 2. The van der Waals surface area contributed by atoms with E-state index < -0.39 is 0 Å². The van der Waals surface area contributed by atoms with Crippen molar-refractivity contribution in [1.82, 2.24) is 0 Å². The van der Waals surface area contributed by atoms with Gasteiger partial charge in [0.2, 0.25) is 0 Å². The lowest BCUT2D eigenvalue weighted by Gasteiger charge is -2.17. The van der Waals surface area contributed by atoms with Crippen LogP contribution in [0.2, 0.25) is 0 Å². The van der Waals surface area contributed by atoms with Crippen molar-refractivity contribution in [2.45, 2.75) is 20.8 Å². The van der Waals surface area contributed by atoms with Gasteiger partial charge in [0.05, 0.1) is 24.8 Å². The summed E-state index contributed by atoms with van der Waals surface area (Å²) in [7, 11) is 3.04. The zero-order valence-corrected chi connectivity index (χ0v) is 16.8. The molecule has 0 saturated carbocycles. The average molecular weight is 383 g/mol. The van der Waals surface area contributed by atoms with Crippen LogP contribution in [0.4, 0.5) is 10.5 Å². The smallest absolute Gasteiger partial charge is 0.298 e. The number of methoxy groups -OCH3 is 2. The van der Waals surface area contributed by atoms with Crippen molar-refractivity contribution in [3.63, 3.8) is 0 Å². The molecule has 2 aromatic rings. The third kappa shape index (κ3) is 3.45. The van der Waals surface area contributed by atoms with Gasteiger partial charge in [-0.15, -0.1) is 0 Å². The lowest BCUT2D eigenvalue weighted by molar-refractivity contribution is -0.113. The Hall–Kier alpha value is -2.73. The van der Waals surface area contributed by atoms with E-state index in [-0.39, 0.29) is 11.1 Å². The molecule has 0 atom stereocenters. The molecule has 0 bridgehead atoms. The van der Waals surface area contributed by atoms with Crippen molar-refractivity contribution in [3.05, 3.63) is 58.0 Å². The topological polar surface area (TPSA) is 55.8 Å². The summed E-state index contributed by atoms with van der Waals surface area (Å²) in [5, 5.41) is -0.346. The molecular weight excluding hydrogens is 362 g/mol. The predicted molar refractivity (Wildman–Crippen MR) is 109 cm³/mol. The Balaban J connectivity index is 2.04. The number of carbonyl (C=O) groups excluding carboxylic acids is 2. The Morgan fingerprint density at radius 3 is 2.33 bits per heavy atom. The fourth-order valence-electron chi connectivity index (χ4n) is 2.88. The van der Waals surface area contributed by atoms with Crippen molar-refractivity contribution >= 4 is 34.2 Å². The van der Waals surface area contributed by atoms with Gasteiger partial charge in [-0.2, -0.15) is 0 Å². The Bertz CT molecular complexity index is 965. The van der Waals surface area contributed by atoms with E-state index in [0.717, 1.165) is 33.4 Å². The number of aryl methyl sites for hydroxylation is 2. The van der Waals surface area contributed by atoms with E-state index in [0.29, 0.717) is 22.1 Å². The number of anilines is 1. The molecule has 0 N–H and O–H groups in total. The molecule has 3 rings (SSSR count). The number of hydrogen-bond acceptors (Lipinski definition) is 5.